The second-order valence-corrected chi connectivity index (χ2v) is 5.05. The molecule has 0 radical (unpaired) electrons. The molecule has 98 valence electrons. The number of nitrogens with zero attached hydrogens (tertiary/aromatic N) is 1. The van der Waals surface area contributed by atoms with Gasteiger partial charge in [-0.25, -0.2) is 5.43 Å². The molecule has 0 atom stereocenters. The lowest BCUT2D eigenvalue weighted by Gasteiger charge is -2.22. The van der Waals surface area contributed by atoms with Gasteiger partial charge in [-0.05, 0) is 38.0 Å². The first-order valence-electron chi connectivity index (χ1n) is 7.10. The second-order valence-electron chi connectivity index (χ2n) is 5.05. The molecular weight excluding hydrogens is 212 g/mol. The fraction of sp³-hybridized carbons (Fsp3) is 0.857. The number of hydrogen-bond donors (Lipinski definition) is 1. The van der Waals surface area contributed by atoms with E-state index in [9.17, 15) is 4.79 Å². The van der Waals surface area contributed by atoms with E-state index in [-0.39, 0.29) is 5.91 Å². The predicted octanol–water partition coefficient (Wildman–Crippen LogP) is 3.64. The highest BCUT2D eigenvalue weighted by Crippen LogP contribution is 2.25. The van der Waals surface area contributed by atoms with Gasteiger partial charge in [-0.15, -0.1) is 0 Å². The molecule has 17 heavy (non-hydrogen) atoms. The highest BCUT2D eigenvalue weighted by Gasteiger charge is 2.16. The molecule has 1 N–H and O–H groups in total. The summed E-state index contributed by atoms with van der Waals surface area (Å²) >= 11 is 0. The minimum absolute atomic E-state index is 0.0648. The highest BCUT2D eigenvalue weighted by molar-refractivity contribution is 5.86. The van der Waals surface area contributed by atoms with Crippen molar-refractivity contribution < 1.29 is 4.79 Å². The van der Waals surface area contributed by atoms with Gasteiger partial charge in [0.05, 0.1) is 0 Å². The molecule has 3 heteroatoms. The lowest BCUT2D eigenvalue weighted by Crippen LogP contribution is -2.22. The first-order chi connectivity index (χ1) is 8.26. The van der Waals surface area contributed by atoms with Crippen LogP contribution in [-0.4, -0.2) is 11.6 Å². The molecule has 1 rings (SSSR count). The molecule has 0 aromatic rings. The van der Waals surface area contributed by atoms with Crippen molar-refractivity contribution in [1.29, 1.82) is 0 Å². The smallest absolute Gasteiger partial charge is 0.240 e. The van der Waals surface area contributed by atoms with Crippen molar-refractivity contribution in [3.8, 4) is 0 Å². The Kier molecular flexibility index (Phi) is 6.90. The zero-order valence-corrected chi connectivity index (χ0v) is 11.3. The van der Waals surface area contributed by atoms with Crippen LogP contribution in [0.15, 0.2) is 5.10 Å². The molecule has 1 aliphatic carbocycles. The van der Waals surface area contributed by atoms with Crippen LogP contribution in [0, 0.1) is 5.92 Å². The Labute approximate surface area is 105 Å². The van der Waals surface area contributed by atoms with Gasteiger partial charge in [-0.2, -0.15) is 5.10 Å². The summed E-state index contributed by atoms with van der Waals surface area (Å²) in [4.78, 5) is 11.4. The fourth-order valence-corrected chi connectivity index (χ4v) is 2.35. The van der Waals surface area contributed by atoms with Gasteiger partial charge in [0.25, 0.3) is 0 Å². The summed E-state index contributed by atoms with van der Waals surface area (Å²) in [6.07, 6.45) is 9.87. The molecule has 1 saturated carbocycles. The monoisotopic (exact) mass is 238 g/mol. The Bertz CT molecular complexity index is 251. The Morgan fingerprint density at radius 3 is 2.59 bits per heavy atom. The SMILES string of the molecule is CCCCC(=O)NN=C1CCC(CCC)CC1. The molecule has 0 saturated heterocycles. The Morgan fingerprint density at radius 2 is 2.00 bits per heavy atom. The van der Waals surface area contributed by atoms with Crippen LogP contribution in [0.2, 0.25) is 0 Å². The lowest BCUT2D eigenvalue weighted by atomic mass is 9.85. The van der Waals surface area contributed by atoms with Crippen molar-refractivity contribution in [3.63, 3.8) is 0 Å². The standard InChI is InChI=1S/C14H26N2O/c1-3-5-7-14(17)16-15-13-10-8-12(6-4-2)9-11-13/h12H,3-11H2,1-2H3,(H,16,17). The molecule has 0 bridgehead atoms. The summed E-state index contributed by atoms with van der Waals surface area (Å²) in [7, 11) is 0. The van der Waals surface area contributed by atoms with Gasteiger partial charge in [-0.1, -0.05) is 33.1 Å². The second kappa shape index (κ2) is 8.26. The van der Waals surface area contributed by atoms with Crippen molar-refractivity contribution in [2.24, 2.45) is 11.0 Å². The Balaban J connectivity index is 2.21. The number of nitrogens with one attached hydrogen (secondary N) is 1. The van der Waals surface area contributed by atoms with Gasteiger partial charge in [0.15, 0.2) is 0 Å². The number of amides is 1. The maximum atomic E-state index is 11.4. The molecule has 0 aromatic carbocycles. The van der Waals surface area contributed by atoms with Crippen LogP contribution < -0.4 is 5.43 Å². The number of rotatable bonds is 6. The summed E-state index contributed by atoms with van der Waals surface area (Å²) in [5, 5.41) is 4.25. The fourth-order valence-electron chi connectivity index (χ4n) is 2.35. The van der Waals surface area contributed by atoms with Crippen LogP contribution in [0.1, 0.15) is 71.6 Å². The maximum Gasteiger partial charge on any atom is 0.240 e. The number of hydrogen-bond acceptors (Lipinski definition) is 2. The average molecular weight is 238 g/mol. The first-order valence-corrected chi connectivity index (χ1v) is 7.10. The van der Waals surface area contributed by atoms with Crippen molar-refractivity contribution in [2.75, 3.05) is 0 Å². The topological polar surface area (TPSA) is 41.5 Å². The minimum Gasteiger partial charge on any atom is -0.273 e. The van der Waals surface area contributed by atoms with Crippen molar-refractivity contribution in [1.82, 2.24) is 5.43 Å². The third-order valence-corrected chi connectivity index (χ3v) is 3.48. The number of carbonyl (C=O) groups excluding carboxylic acids is 1. The average Bonchev–Trinajstić information content (AvgIpc) is 2.36. The maximum absolute atomic E-state index is 11.4. The van der Waals surface area contributed by atoms with Crippen LogP contribution in [0.4, 0.5) is 0 Å². The van der Waals surface area contributed by atoms with E-state index in [2.05, 4.69) is 24.4 Å². The van der Waals surface area contributed by atoms with E-state index in [1.165, 1.54) is 31.4 Å². The van der Waals surface area contributed by atoms with Gasteiger partial charge in [0, 0.05) is 12.1 Å². The predicted molar refractivity (Wildman–Crippen MR) is 72.0 cm³/mol. The third kappa shape index (κ3) is 5.85. The van der Waals surface area contributed by atoms with Gasteiger partial charge >= 0.3 is 0 Å². The minimum atomic E-state index is 0.0648. The molecule has 0 aliphatic heterocycles. The number of unbranched alkanes of at least 4 members (excludes halogenated alkanes) is 1. The molecule has 0 aromatic heterocycles. The molecule has 0 unspecified atom stereocenters. The van der Waals surface area contributed by atoms with Crippen LogP contribution >= 0.6 is 0 Å². The molecule has 1 amide bonds. The largest absolute Gasteiger partial charge is 0.273 e. The lowest BCUT2D eigenvalue weighted by molar-refractivity contribution is -0.121. The van der Waals surface area contributed by atoms with Crippen LogP contribution in [0.25, 0.3) is 0 Å². The Hall–Kier alpha value is -0.860. The van der Waals surface area contributed by atoms with Crippen LogP contribution in [0.5, 0.6) is 0 Å². The quantitative estimate of drug-likeness (QED) is 0.705. The molecule has 0 heterocycles. The molecule has 0 spiro atoms. The first kappa shape index (κ1) is 14.2. The number of carbonyl (C=O) groups is 1. The van der Waals surface area contributed by atoms with Gasteiger partial charge < -0.3 is 0 Å². The van der Waals surface area contributed by atoms with Gasteiger partial charge in [0.2, 0.25) is 5.91 Å². The Morgan fingerprint density at radius 1 is 1.29 bits per heavy atom. The van der Waals surface area contributed by atoms with E-state index >= 15 is 0 Å². The summed E-state index contributed by atoms with van der Waals surface area (Å²) in [6.45, 7) is 4.34. The summed E-state index contributed by atoms with van der Waals surface area (Å²) in [5.41, 5.74) is 3.87. The molecule has 1 aliphatic rings. The van der Waals surface area contributed by atoms with E-state index in [1.54, 1.807) is 0 Å². The highest BCUT2D eigenvalue weighted by atomic mass is 16.2. The normalized spacial score (nSPS) is 20.1. The van der Waals surface area contributed by atoms with E-state index in [4.69, 9.17) is 0 Å². The molecular formula is C14H26N2O. The van der Waals surface area contributed by atoms with Crippen molar-refractivity contribution >= 4 is 11.6 Å². The zero-order valence-electron chi connectivity index (χ0n) is 11.3. The summed E-state index contributed by atoms with van der Waals surface area (Å²) in [5.74, 6) is 0.949. The van der Waals surface area contributed by atoms with Crippen LogP contribution in [-0.2, 0) is 4.79 Å². The zero-order chi connectivity index (χ0) is 12.5. The summed E-state index contributed by atoms with van der Waals surface area (Å²) < 4.78 is 0. The van der Waals surface area contributed by atoms with Crippen molar-refractivity contribution in [2.45, 2.75) is 71.6 Å². The third-order valence-electron chi connectivity index (χ3n) is 3.48. The van der Waals surface area contributed by atoms with E-state index in [0.717, 1.165) is 31.6 Å². The van der Waals surface area contributed by atoms with E-state index in [1.807, 2.05) is 0 Å². The van der Waals surface area contributed by atoms with Crippen LogP contribution in [0.3, 0.4) is 0 Å². The number of hydrazone groups is 1. The molecule has 1 fully saturated rings. The summed E-state index contributed by atoms with van der Waals surface area (Å²) in [6, 6.07) is 0. The van der Waals surface area contributed by atoms with E-state index < -0.39 is 0 Å². The molecule has 3 nitrogen and oxygen atoms in total. The van der Waals surface area contributed by atoms with E-state index in [0.29, 0.717) is 6.42 Å². The van der Waals surface area contributed by atoms with Gasteiger partial charge in [-0.3, -0.25) is 4.79 Å². The van der Waals surface area contributed by atoms with Crippen molar-refractivity contribution in [3.05, 3.63) is 0 Å². The van der Waals surface area contributed by atoms with Gasteiger partial charge in [0.1, 0.15) is 0 Å².